The highest BCUT2D eigenvalue weighted by Gasteiger charge is 2.50. The highest BCUT2D eigenvalue weighted by atomic mass is 35.5. The summed E-state index contributed by atoms with van der Waals surface area (Å²) in [6.45, 7) is 6.12. The normalized spacial score (nSPS) is 33.4. The molecule has 7 nitrogen and oxygen atoms in total. The molecule has 156 valence electrons. The van der Waals surface area contributed by atoms with Gasteiger partial charge in [-0.1, -0.05) is 0 Å². The topological polar surface area (TPSA) is 79.1 Å². The van der Waals surface area contributed by atoms with E-state index in [1.165, 1.54) is 6.42 Å². The fraction of sp³-hybridized carbons (Fsp3) is 0.889. The largest absolute Gasteiger partial charge is 0.379 e. The van der Waals surface area contributed by atoms with E-state index in [4.69, 9.17) is 10.5 Å². The van der Waals surface area contributed by atoms with E-state index in [0.717, 1.165) is 25.9 Å². The fourth-order valence-electron chi connectivity index (χ4n) is 5.14. The van der Waals surface area contributed by atoms with Crippen LogP contribution in [0, 0.1) is 17.8 Å². The van der Waals surface area contributed by atoms with Crippen molar-refractivity contribution in [3.8, 4) is 0 Å². The number of fused-ring (bicyclic) bond motifs is 2. The van der Waals surface area contributed by atoms with Crippen molar-refractivity contribution in [2.75, 3.05) is 59.0 Å². The van der Waals surface area contributed by atoms with E-state index < -0.39 is 0 Å². The number of hydrogen-bond donors (Lipinski definition) is 1. The Morgan fingerprint density at radius 1 is 0.889 bits per heavy atom. The monoisotopic (exact) mass is 422 g/mol. The first-order chi connectivity index (χ1) is 12.1. The minimum absolute atomic E-state index is 0. The van der Waals surface area contributed by atoms with Crippen LogP contribution in [0.1, 0.15) is 19.3 Å². The number of nitrogens with zero attached hydrogens (tertiary/aromatic N) is 3. The molecular weight excluding hydrogens is 391 g/mol. The predicted molar refractivity (Wildman–Crippen MR) is 107 cm³/mol. The molecule has 0 aromatic rings. The van der Waals surface area contributed by atoms with Crippen LogP contribution in [0.25, 0.3) is 0 Å². The SMILES string of the molecule is Cl.Cl.NC1C2CCC(C2)C1C(=O)N1CCN(C(=O)CN2CCOCC2)CC1. The number of hydrogen-bond acceptors (Lipinski definition) is 5. The summed E-state index contributed by atoms with van der Waals surface area (Å²) in [5.41, 5.74) is 6.32. The second-order valence-electron chi connectivity index (χ2n) is 8.03. The molecule has 9 heteroatoms. The second kappa shape index (κ2) is 9.74. The Labute approximate surface area is 173 Å². The molecule has 0 aromatic carbocycles. The van der Waals surface area contributed by atoms with Crippen molar-refractivity contribution in [3.63, 3.8) is 0 Å². The van der Waals surface area contributed by atoms with Crippen LogP contribution in [-0.2, 0) is 14.3 Å². The molecule has 4 atom stereocenters. The van der Waals surface area contributed by atoms with E-state index in [1.54, 1.807) is 0 Å². The van der Waals surface area contributed by atoms with Crippen molar-refractivity contribution < 1.29 is 14.3 Å². The number of nitrogens with two attached hydrogens (primary N) is 1. The number of rotatable bonds is 3. The quantitative estimate of drug-likeness (QED) is 0.702. The van der Waals surface area contributed by atoms with Crippen LogP contribution in [0.5, 0.6) is 0 Å². The highest BCUT2D eigenvalue weighted by Crippen LogP contribution is 2.48. The number of carbonyl (C=O) groups excluding carboxylic acids is 2. The maximum Gasteiger partial charge on any atom is 0.236 e. The lowest BCUT2D eigenvalue weighted by atomic mass is 9.84. The molecule has 4 aliphatic rings. The van der Waals surface area contributed by atoms with Crippen molar-refractivity contribution in [2.45, 2.75) is 25.3 Å². The van der Waals surface area contributed by atoms with Gasteiger partial charge >= 0.3 is 0 Å². The van der Waals surface area contributed by atoms with E-state index >= 15 is 0 Å². The van der Waals surface area contributed by atoms with Crippen LogP contribution >= 0.6 is 24.8 Å². The molecule has 2 aliphatic heterocycles. The van der Waals surface area contributed by atoms with E-state index in [9.17, 15) is 9.59 Å². The zero-order chi connectivity index (χ0) is 17.4. The molecule has 2 heterocycles. The average molecular weight is 423 g/mol. The molecule has 4 unspecified atom stereocenters. The standard InChI is InChI=1S/C18H30N4O3.2ClH/c19-17-14-2-1-13(11-14)16(17)18(24)22-5-3-21(4-6-22)15(23)12-20-7-9-25-10-8-20;;/h13-14,16-17H,1-12,19H2;2*1H. The average Bonchev–Trinajstić information content (AvgIpc) is 3.23. The van der Waals surface area contributed by atoms with Gasteiger partial charge in [-0.05, 0) is 31.1 Å². The summed E-state index contributed by atoms with van der Waals surface area (Å²) in [7, 11) is 0. The van der Waals surface area contributed by atoms with Crippen LogP contribution in [0.2, 0.25) is 0 Å². The maximum absolute atomic E-state index is 12.9. The Hall–Kier alpha value is -0.600. The minimum Gasteiger partial charge on any atom is -0.379 e. The molecule has 2 saturated carbocycles. The summed E-state index contributed by atoms with van der Waals surface area (Å²) in [5, 5.41) is 0. The zero-order valence-corrected chi connectivity index (χ0v) is 17.4. The lowest BCUT2D eigenvalue weighted by molar-refractivity contribution is -0.144. The first kappa shape index (κ1) is 22.7. The summed E-state index contributed by atoms with van der Waals surface area (Å²) >= 11 is 0. The Morgan fingerprint density at radius 2 is 1.48 bits per heavy atom. The lowest BCUT2D eigenvalue weighted by Gasteiger charge is -2.39. The first-order valence-corrected chi connectivity index (χ1v) is 9.75. The highest BCUT2D eigenvalue weighted by molar-refractivity contribution is 5.85. The van der Waals surface area contributed by atoms with Gasteiger partial charge in [-0.2, -0.15) is 0 Å². The molecule has 0 spiro atoms. The van der Waals surface area contributed by atoms with Gasteiger partial charge in [0.25, 0.3) is 0 Å². The molecule has 4 fully saturated rings. The summed E-state index contributed by atoms with van der Waals surface area (Å²) in [4.78, 5) is 31.4. The third-order valence-corrected chi connectivity index (χ3v) is 6.67. The number of carbonyl (C=O) groups is 2. The number of halogens is 2. The van der Waals surface area contributed by atoms with Gasteiger partial charge in [-0.3, -0.25) is 14.5 Å². The molecular formula is C18H32Cl2N4O3. The van der Waals surface area contributed by atoms with Crippen LogP contribution in [-0.4, -0.2) is 91.6 Å². The van der Waals surface area contributed by atoms with Crippen molar-refractivity contribution >= 4 is 36.6 Å². The van der Waals surface area contributed by atoms with Crippen molar-refractivity contribution in [3.05, 3.63) is 0 Å². The van der Waals surface area contributed by atoms with Gasteiger partial charge in [0.2, 0.25) is 11.8 Å². The molecule has 4 rings (SSSR count). The number of piperazine rings is 1. The Kier molecular flexibility index (Phi) is 8.19. The number of morpholine rings is 1. The predicted octanol–water partition coefficient (Wildman–Crippen LogP) is 0.206. The van der Waals surface area contributed by atoms with Gasteiger partial charge in [-0.25, -0.2) is 0 Å². The number of ether oxygens (including phenoxy) is 1. The fourth-order valence-corrected chi connectivity index (χ4v) is 5.14. The molecule has 2 amide bonds. The van der Waals surface area contributed by atoms with Crippen LogP contribution in [0.3, 0.4) is 0 Å². The summed E-state index contributed by atoms with van der Waals surface area (Å²) < 4.78 is 5.32. The summed E-state index contributed by atoms with van der Waals surface area (Å²) in [5.74, 6) is 1.48. The lowest BCUT2D eigenvalue weighted by Crippen LogP contribution is -2.56. The van der Waals surface area contributed by atoms with Crippen molar-refractivity contribution in [1.29, 1.82) is 0 Å². The van der Waals surface area contributed by atoms with E-state index in [1.807, 2.05) is 9.80 Å². The van der Waals surface area contributed by atoms with Crippen LogP contribution < -0.4 is 5.73 Å². The molecule has 2 N–H and O–H groups in total. The number of amides is 2. The van der Waals surface area contributed by atoms with Gasteiger partial charge in [0.05, 0.1) is 25.7 Å². The van der Waals surface area contributed by atoms with Gasteiger partial charge < -0.3 is 20.3 Å². The Bertz CT molecular complexity index is 523. The van der Waals surface area contributed by atoms with Crippen molar-refractivity contribution in [1.82, 2.24) is 14.7 Å². The maximum atomic E-state index is 12.9. The van der Waals surface area contributed by atoms with Crippen molar-refractivity contribution in [2.24, 2.45) is 23.5 Å². The molecule has 2 saturated heterocycles. The minimum atomic E-state index is 0. The second-order valence-corrected chi connectivity index (χ2v) is 8.03. The van der Waals surface area contributed by atoms with E-state index in [2.05, 4.69) is 4.90 Å². The molecule has 2 aliphatic carbocycles. The Morgan fingerprint density at radius 3 is 2.07 bits per heavy atom. The van der Waals surface area contributed by atoms with Crippen LogP contribution in [0.15, 0.2) is 0 Å². The molecule has 27 heavy (non-hydrogen) atoms. The van der Waals surface area contributed by atoms with Gasteiger partial charge in [-0.15, -0.1) is 24.8 Å². The zero-order valence-electron chi connectivity index (χ0n) is 15.8. The van der Waals surface area contributed by atoms with Gasteiger partial charge in [0.15, 0.2) is 0 Å². The van der Waals surface area contributed by atoms with Gasteiger partial charge in [0.1, 0.15) is 0 Å². The van der Waals surface area contributed by atoms with E-state index in [0.29, 0.717) is 57.8 Å². The van der Waals surface area contributed by atoms with E-state index in [-0.39, 0.29) is 48.6 Å². The Balaban J connectivity index is 0.00000131. The third-order valence-electron chi connectivity index (χ3n) is 6.67. The smallest absolute Gasteiger partial charge is 0.236 e. The molecule has 2 bridgehead atoms. The summed E-state index contributed by atoms with van der Waals surface area (Å²) in [6.07, 6.45) is 3.49. The summed E-state index contributed by atoms with van der Waals surface area (Å²) in [6, 6.07) is 0.0484. The van der Waals surface area contributed by atoms with Crippen LogP contribution in [0.4, 0.5) is 0 Å². The molecule has 0 aromatic heterocycles. The first-order valence-electron chi connectivity index (χ1n) is 9.75. The third kappa shape index (κ3) is 4.70. The molecule has 0 radical (unpaired) electrons. The van der Waals surface area contributed by atoms with Gasteiger partial charge in [0, 0.05) is 45.3 Å².